The second-order valence-electron chi connectivity index (χ2n) is 3.50. The lowest BCUT2D eigenvalue weighted by atomic mass is 10.4. The van der Waals surface area contributed by atoms with Crippen LogP contribution in [0.25, 0.3) is 0 Å². The van der Waals surface area contributed by atoms with Gasteiger partial charge in [0.1, 0.15) is 11.0 Å². The maximum Gasteiger partial charge on any atom is 0.190 e. The Kier molecular flexibility index (Phi) is 6.32. The van der Waals surface area contributed by atoms with Gasteiger partial charge in [-0.15, -0.1) is 0 Å². The number of nitrogens with one attached hydrogen (secondary N) is 1. The summed E-state index contributed by atoms with van der Waals surface area (Å²) in [7, 11) is 0. The molecule has 0 saturated heterocycles. The molecule has 0 radical (unpaired) electrons. The summed E-state index contributed by atoms with van der Waals surface area (Å²) >= 11 is 7.32. The largest absolute Gasteiger partial charge is 0.375 e. The first-order valence-corrected chi connectivity index (χ1v) is 6.76. The SMILES string of the molecule is C=C(C)COCCNc1cc(Cl)nc(SC)n1. The highest BCUT2D eigenvalue weighted by atomic mass is 35.5. The van der Waals surface area contributed by atoms with Gasteiger partial charge in [0.05, 0.1) is 13.2 Å². The van der Waals surface area contributed by atoms with Crippen molar-refractivity contribution >= 4 is 29.2 Å². The van der Waals surface area contributed by atoms with Crippen LogP contribution in [-0.4, -0.2) is 36.0 Å². The summed E-state index contributed by atoms with van der Waals surface area (Å²) in [5, 5.41) is 4.23. The van der Waals surface area contributed by atoms with E-state index in [2.05, 4.69) is 21.9 Å². The van der Waals surface area contributed by atoms with E-state index < -0.39 is 0 Å². The minimum absolute atomic E-state index is 0.440. The van der Waals surface area contributed by atoms with Crippen molar-refractivity contribution in [3.63, 3.8) is 0 Å². The number of nitrogens with zero attached hydrogens (tertiary/aromatic N) is 2. The molecule has 0 aliphatic carbocycles. The fourth-order valence-electron chi connectivity index (χ4n) is 1.08. The minimum atomic E-state index is 0.440. The first-order valence-electron chi connectivity index (χ1n) is 5.16. The van der Waals surface area contributed by atoms with Crippen molar-refractivity contribution in [2.75, 3.05) is 31.3 Å². The summed E-state index contributed by atoms with van der Waals surface area (Å²) in [4.78, 5) is 8.32. The molecule has 0 unspecified atom stereocenters. The number of aromatic nitrogens is 2. The molecule has 1 rings (SSSR count). The van der Waals surface area contributed by atoms with Gasteiger partial charge in [0.25, 0.3) is 0 Å². The van der Waals surface area contributed by atoms with Crippen LogP contribution in [0.1, 0.15) is 6.92 Å². The van der Waals surface area contributed by atoms with Crippen molar-refractivity contribution in [3.8, 4) is 0 Å². The van der Waals surface area contributed by atoms with Gasteiger partial charge in [0.15, 0.2) is 5.16 Å². The molecule has 0 bridgehead atoms. The van der Waals surface area contributed by atoms with Gasteiger partial charge in [0.2, 0.25) is 0 Å². The molecule has 17 heavy (non-hydrogen) atoms. The standard InChI is InChI=1S/C11H16ClN3OS/c1-8(2)7-16-5-4-13-10-6-9(12)14-11(15-10)17-3/h6H,1,4-5,7H2,2-3H3,(H,13,14,15). The van der Waals surface area contributed by atoms with Crippen molar-refractivity contribution in [2.45, 2.75) is 12.1 Å². The van der Waals surface area contributed by atoms with Crippen LogP contribution in [0.4, 0.5) is 5.82 Å². The predicted octanol–water partition coefficient (Wildman–Crippen LogP) is 2.86. The third-order valence-electron chi connectivity index (χ3n) is 1.76. The Hall–Kier alpha value is -0.780. The summed E-state index contributed by atoms with van der Waals surface area (Å²) in [6.07, 6.45) is 1.91. The monoisotopic (exact) mass is 273 g/mol. The number of thioether (sulfide) groups is 1. The van der Waals surface area contributed by atoms with Crippen molar-refractivity contribution in [1.29, 1.82) is 0 Å². The topological polar surface area (TPSA) is 47.0 Å². The zero-order valence-corrected chi connectivity index (χ0v) is 11.6. The predicted molar refractivity (Wildman–Crippen MR) is 72.9 cm³/mol. The molecular weight excluding hydrogens is 258 g/mol. The first kappa shape index (κ1) is 14.3. The van der Waals surface area contributed by atoms with E-state index in [1.165, 1.54) is 11.8 Å². The average molecular weight is 274 g/mol. The maximum absolute atomic E-state index is 5.86. The van der Waals surface area contributed by atoms with Gasteiger partial charge in [-0.1, -0.05) is 35.5 Å². The molecule has 0 amide bonds. The number of hydrogen-bond donors (Lipinski definition) is 1. The van der Waals surface area contributed by atoms with Gasteiger partial charge in [-0.05, 0) is 13.2 Å². The number of rotatable bonds is 7. The van der Waals surface area contributed by atoms with Crippen LogP contribution in [-0.2, 0) is 4.74 Å². The smallest absolute Gasteiger partial charge is 0.190 e. The molecule has 94 valence electrons. The Balaban J connectivity index is 2.36. The van der Waals surface area contributed by atoms with E-state index in [9.17, 15) is 0 Å². The molecule has 0 fully saturated rings. The van der Waals surface area contributed by atoms with Gasteiger partial charge in [-0.2, -0.15) is 0 Å². The summed E-state index contributed by atoms with van der Waals surface area (Å²) in [5.74, 6) is 0.716. The molecule has 0 aromatic carbocycles. The van der Waals surface area contributed by atoms with Crippen LogP contribution in [0.15, 0.2) is 23.4 Å². The Bertz CT molecular complexity index is 387. The van der Waals surface area contributed by atoms with Crippen molar-refractivity contribution < 1.29 is 4.74 Å². The molecule has 0 saturated carbocycles. The van der Waals surface area contributed by atoms with E-state index in [4.69, 9.17) is 16.3 Å². The third-order valence-corrected chi connectivity index (χ3v) is 2.50. The third kappa shape index (κ3) is 5.91. The van der Waals surface area contributed by atoms with E-state index in [1.807, 2.05) is 13.2 Å². The second-order valence-corrected chi connectivity index (χ2v) is 4.66. The number of hydrogen-bond acceptors (Lipinski definition) is 5. The Morgan fingerprint density at radius 3 is 3.00 bits per heavy atom. The second kappa shape index (κ2) is 7.53. The highest BCUT2D eigenvalue weighted by Crippen LogP contribution is 2.16. The van der Waals surface area contributed by atoms with E-state index in [-0.39, 0.29) is 0 Å². The van der Waals surface area contributed by atoms with E-state index in [1.54, 1.807) is 6.07 Å². The highest BCUT2D eigenvalue weighted by Gasteiger charge is 2.01. The summed E-state index contributed by atoms with van der Waals surface area (Å²) in [6, 6.07) is 1.69. The summed E-state index contributed by atoms with van der Waals surface area (Å²) in [6.45, 7) is 7.55. The zero-order valence-electron chi connectivity index (χ0n) is 9.99. The first-order chi connectivity index (χ1) is 8.11. The molecule has 0 atom stereocenters. The zero-order chi connectivity index (χ0) is 12.7. The van der Waals surface area contributed by atoms with Gasteiger partial charge in [0, 0.05) is 12.6 Å². The molecule has 0 aliphatic heterocycles. The molecule has 4 nitrogen and oxygen atoms in total. The van der Waals surface area contributed by atoms with E-state index in [0.29, 0.717) is 35.9 Å². The van der Waals surface area contributed by atoms with Crippen LogP contribution in [0.3, 0.4) is 0 Å². The molecule has 1 N–H and O–H groups in total. The lowest BCUT2D eigenvalue weighted by Gasteiger charge is -2.07. The van der Waals surface area contributed by atoms with Gasteiger partial charge >= 0.3 is 0 Å². The number of halogens is 1. The highest BCUT2D eigenvalue weighted by molar-refractivity contribution is 7.98. The van der Waals surface area contributed by atoms with Crippen LogP contribution in [0.5, 0.6) is 0 Å². The Labute approximate surface area is 111 Å². The van der Waals surface area contributed by atoms with Crippen LogP contribution < -0.4 is 5.32 Å². The fourth-order valence-corrected chi connectivity index (χ4v) is 1.69. The van der Waals surface area contributed by atoms with Gasteiger partial charge < -0.3 is 10.1 Å². The van der Waals surface area contributed by atoms with Crippen LogP contribution >= 0.6 is 23.4 Å². The molecule has 1 heterocycles. The van der Waals surface area contributed by atoms with E-state index in [0.717, 1.165) is 5.57 Å². The normalized spacial score (nSPS) is 10.3. The summed E-state index contributed by atoms with van der Waals surface area (Å²) < 4.78 is 5.36. The minimum Gasteiger partial charge on any atom is -0.375 e. The van der Waals surface area contributed by atoms with Crippen molar-refractivity contribution in [3.05, 3.63) is 23.4 Å². The van der Waals surface area contributed by atoms with Crippen LogP contribution in [0.2, 0.25) is 5.15 Å². The molecule has 1 aromatic rings. The number of anilines is 1. The molecule has 0 aliphatic rings. The molecule has 1 aromatic heterocycles. The lowest BCUT2D eigenvalue weighted by molar-refractivity contribution is 0.167. The fraction of sp³-hybridized carbons (Fsp3) is 0.455. The lowest BCUT2D eigenvalue weighted by Crippen LogP contribution is -2.11. The Morgan fingerprint density at radius 2 is 2.35 bits per heavy atom. The number of ether oxygens (including phenoxy) is 1. The van der Waals surface area contributed by atoms with Crippen molar-refractivity contribution in [2.24, 2.45) is 0 Å². The average Bonchev–Trinajstić information content (AvgIpc) is 2.27. The Morgan fingerprint density at radius 1 is 1.59 bits per heavy atom. The van der Waals surface area contributed by atoms with Crippen LogP contribution in [0, 0.1) is 0 Å². The van der Waals surface area contributed by atoms with Gasteiger partial charge in [-0.3, -0.25) is 0 Å². The summed E-state index contributed by atoms with van der Waals surface area (Å²) in [5.41, 5.74) is 1.01. The van der Waals surface area contributed by atoms with Gasteiger partial charge in [-0.25, -0.2) is 9.97 Å². The quantitative estimate of drug-likeness (QED) is 0.272. The van der Waals surface area contributed by atoms with E-state index >= 15 is 0 Å². The molecule has 0 spiro atoms. The maximum atomic E-state index is 5.86. The molecular formula is C11H16ClN3OS. The van der Waals surface area contributed by atoms with Crippen molar-refractivity contribution in [1.82, 2.24) is 9.97 Å². The molecule has 6 heteroatoms.